The van der Waals surface area contributed by atoms with Gasteiger partial charge in [-0.2, -0.15) is 0 Å². The number of nitrogens with zero attached hydrogens (tertiary/aromatic N) is 2. The minimum absolute atomic E-state index is 0.0532. The van der Waals surface area contributed by atoms with Crippen LogP contribution >= 0.6 is 0 Å². The second kappa shape index (κ2) is 8.44. The van der Waals surface area contributed by atoms with E-state index >= 15 is 0 Å². The van der Waals surface area contributed by atoms with Gasteiger partial charge in [-0.3, -0.25) is 4.79 Å². The SMILES string of the molecule is CN1CCN(CCCNC(=O)CCCO)CC1. The van der Waals surface area contributed by atoms with Crippen LogP contribution < -0.4 is 5.32 Å². The Labute approximate surface area is 104 Å². The largest absolute Gasteiger partial charge is 0.396 e. The summed E-state index contributed by atoms with van der Waals surface area (Å²) in [5, 5.41) is 11.5. The molecular weight excluding hydrogens is 218 g/mol. The first-order valence-electron chi connectivity index (χ1n) is 6.51. The molecule has 0 aromatic carbocycles. The number of hydrogen-bond acceptors (Lipinski definition) is 4. The zero-order chi connectivity index (χ0) is 12.5. The molecule has 1 saturated heterocycles. The van der Waals surface area contributed by atoms with Crippen LogP contribution in [0.15, 0.2) is 0 Å². The zero-order valence-electron chi connectivity index (χ0n) is 10.8. The molecule has 17 heavy (non-hydrogen) atoms. The molecule has 1 amide bonds. The molecular formula is C12H25N3O2. The second-order valence-electron chi connectivity index (χ2n) is 4.68. The standard InChI is InChI=1S/C12H25N3O2/c1-14-7-9-15(10-8-14)6-3-5-13-12(17)4-2-11-16/h16H,2-11H2,1H3,(H,13,17). The van der Waals surface area contributed by atoms with Crippen LogP contribution in [-0.2, 0) is 4.79 Å². The first-order chi connectivity index (χ1) is 8.22. The highest BCUT2D eigenvalue weighted by atomic mass is 16.3. The van der Waals surface area contributed by atoms with E-state index in [0.717, 1.165) is 45.7 Å². The molecule has 5 heteroatoms. The monoisotopic (exact) mass is 243 g/mol. The molecule has 0 aromatic rings. The quantitative estimate of drug-likeness (QED) is 0.593. The summed E-state index contributed by atoms with van der Waals surface area (Å²) in [5.74, 6) is 0.0532. The predicted molar refractivity (Wildman–Crippen MR) is 67.9 cm³/mol. The molecule has 1 aliphatic heterocycles. The van der Waals surface area contributed by atoms with E-state index in [1.807, 2.05) is 0 Å². The van der Waals surface area contributed by atoms with Gasteiger partial charge in [0.1, 0.15) is 0 Å². The van der Waals surface area contributed by atoms with E-state index in [1.54, 1.807) is 0 Å². The van der Waals surface area contributed by atoms with Crippen molar-refractivity contribution in [1.82, 2.24) is 15.1 Å². The molecule has 1 rings (SSSR count). The smallest absolute Gasteiger partial charge is 0.220 e. The molecule has 5 nitrogen and oxygen atoms in total. The van der Waals surface area contributed by atoms with E-state index in [2.05, 4.69) is 22.2 Å². The summed E-state index contributed by atoms with van der Waals surface area (Å²) in [5.41, 5.74) is 0. The van der Waals surface area contributed by atoms with E-state index in [4.69, 9.17) is 5.11 Å². The highest BCUT2D eigenvalue weighted by Crippen LogP contribution is 1.99. The lowest BCUT2D eigenvalue weighted by Crippen LogP contribution is -2.45. The third-order valence-corrected chi connectivity index (χ3v) is 3.13. The van der Waals surface area contributed by atoms with Gasteiger partial charge in [-0.15, -0.1) is 0 Å². The van der Waals surface area contributed by atoms with Crippen molar-refractivity contribution in [1.29, 1.82) is 0 Å². The number of piperazine rings is 1. The molecule has 0 spiro atoms. The molecule has 0 saturated carbocycles. The number of aliphatic hydroxyl groups excluding tert-OH is 1. The maximum Gasteiger partial charge on any atom is 0.220 e. The maximum atomic E-state index is 11.3. The fourth-order valence-electron chi connectivity index (χ4n) is 1.93. The molecule has 1 fully saturated rings. The van der Waals surface area contributed by atoms with Crippen LogP contribution in [0, 0.1) is 0 Å². The lowest BCUT2D eigenvalue weighted by atomic mass is 10.3. The summed E-state index contributed by atoms with van der Waals surface area (Å²) < 4.78 is 0. The molecule has 0 radical (unpaired) electrons. The number of aliphatic hydroxyl groups is 1. The minimum Gasteiger partial charge on any atom is -0.396 e. The lowest BCUT2D eigenvalue weighted by molar-refractivity contribution is -0.121. The molecule has 100 valence electrons. The summed E-state index contributed by atoms with van der Waals surface area (Å²) >= 11 is 0. The molecule has 0 aromatic heterocycles. The van der Waals surface area contributed by atoms with Gasteiger partial charge in [0.15, 0.2) is 0 Å². The first kappa shape index (κ1) is 14.4. The van der Waals surface area contributed by atoms with Crippen LogP contribution in [-0.4, -0.2) is 73.7 Å². The highest BCUT2D eigenvalue weighted by molar-refractivity contribution is 5.75. The van der Waals surface area contributed by atoms with Gasteiger partial charge in [0.25, 0.3) is 0 Å². The van der Waals surface area contributed by atoms with Gasteiger partial charge in [0.2, 0.25) is 5.91 Å². The van der Waals surface area contributed by atoms with Crippen LogP contribution in [0.2, 0.25) is 0 Å². The summed E-state index contributed by atoms with van der Waals surface area (Å²) in [6.07, 6.45) is 2.00. The number of hydrogen-bond donors (Lipinski definition) is 2. The van der Waals surface area contributed by atoms with E-state index in [9.17, 15) is 4.79 Å². The van der Waals surface area contributed by atoms with E-state index < -0.39 is 0 Å². The number of carbonyl (C=O) groups is 1. The number of rotatable bonds is 7. The molecule has 1 aliphatic rings. The van der Waals surface area contributed by atoms with Gasteiger partial charge in [0.05, 0.1) is 0 Å². The van der Waals surface area contributed by atoms with Crippen molar-refractivity contribution < 1.29 is 9.90 Å². The molecule has 0 unspecified atom stereocenters. The van der Waals surface area contributed by atoms with Gasteiger partial charge >= 0.3 is 0 Å². The summed E-state index contributed by atoms with van der Waals surface area (Å²) in [4.78, 5) is 16.0. The third-order valence-electron chi connectivity index (χ3n) is 3.13. The fourth-order valence-corrected chi connectivity index (χ4v) is 1.93. The van der Waals surface area contributed by atoms with E-state index in [0.29, 0.717) is 12.8 Å². The summed E-state index contributed by atoms with van der Waals surface area (Å²) in [7, 11) is 2.15. The van der Waals surface area contributed by atoms with Crippen molar-refractivity contribution in [3.05, 3.63) is 0 Å². The van der Waals surface area contributed by atoms with Crippen molar-refractivity contribution >= 4 is 5.91 Å². The van der Waals surface area contributed by atoms with Gasteiger partial charge in [-0.05, 0) is 26.4 Å². The van der Waals surface area contributed by atoms with Gasteiger partial charge in [-0.25, -0.2) is 0 Å². The average Bonchev–Trinajstić information content (AvgIpc) is 2.34. The molecule has 0 bridgehead atoms. The van der Waals surface area contributed by atoms with Crippen LogP contribution in [0.25, 0.3) is 0 Å². The van der Waals surface area contributed by atoms with Crippen molar-refractivity contribution in [2.45, 2.75) is 19.3 Å². The van der Waals surface area contributed by atoms with Gasteiger partial charge in [-0.1, -0.05) is 0 Å². The lowest BCUT2D eigenvalue weighted by Gasteiger charge is -2.32. The Kier molecular flexibility index (Phi) is 7.16. The van der Waals surface area contributed by atoms with Crippen molar-refractivity contribution in [3.8, 4) is 0 Å². The number of nitrogens with one attached hydrogen (secondary N) is 1. The van der Waals surface area contributed by atoms with Crippen LogP contribution in [0.1, 0.15) is 19.3 Å². The molecule has 0 aliphatic carbocycles. The van der Waals surface area contributed by atoms with Crippen LogP contribution in [0.3, 0.4) is 0 Å². The Morgan fingerprint density at radius 2 is 1.94 bits per heavy atom. The maximum absolute atomic E-state index is 11.3. The highest BCUT2D eigenvalue weighted by Gasteiger charge is 2.12. The van der Waals surface area contributed by atoms with Crippen LogP contribution in [0.4, 0.5) is 0 Å². The van der Waals surface area contributed by atoms with Gasteiger partial charge < -0.3 is 20.2 Å². The summed E-state index contributed by atoms with van der Waals surface area (Å²) in [6.45, 7) is 6.45. The second-order valence-corrected chi connectivity index (χ2v) is 4.68. The number of amides is 1. The number of likely N-dealkylation sites (N-methyl/N-ethyl adjacent to an activating group) is 1. The van der Waals surface area contributed by atoms with E-state index in [1.165, 1.54) is 0 Å². The minimum atomic E-state index is 0.0532. The van der Waals surface area contributed by atoms with E-state index in [-0.39, 0.29) is 12.5 Å². The topological polar surface area (TPSA) is 55.8 Å². The Morgan fingerprint density at radius 3 is 2.59 bits per heavy atom. The Morgan fingerprint density at radius 1 is 1.24 bits per heavy atom. The average molecular weight is 243 g/mol. The zero-order valence-corrected chi connectivity index (χ0v) is 10.8. The first-order valence-corrected chi connectivity index (χ1v) is 6.51. The Bertz CT molecular complexity index is 216. The predicted octanol–water partition coefficient (Wildman–Crippen LogP) is -0.487. The summed E-state index contributed by atoms with van der Waals surface area (Å²) in [6, 6.07) is 0. The van der Waals surface area contributed by atoms with Crippen molar-refractivity contribution in [3.63, 3.8) is 0 Å². The van der Waals surface area contributed by atoms with Crippen molar-refractivity contribution in [2.24, 2.45) is 0 Å². The molecule has 2 N–H and O–H groups in total. The Hall–Kier alpha value is -0.650. The van der Waals surface area contributed by atoms with Gasteiger partial charge in [0, 0.05) is 45.8 Å². The van der Waals surface area contributed by atoms with Crippen molar-refractivity contribution in [2.75, 3.05) is 52.9 Å². The molecule has 1 heterocycles. The fraction of sp³-hybridized carbons (Fsp3) is 0.917. The normalized spacial score (nSPS) is 18.2. The van der Waals surface area contributed by atoms with Crippen LogP contribution in [0.5, 0.6) is 0 Å². The molecule has 0 atom stereocenters. The Balaban J connectivity index is 1.95. The number of carbonyl (C=O) groups excluding carboxylic acids is 1. The third kappa shape index (κ3) is 6.61.